The minimum atomic E-state index is -4.00. The average Bonchev–Trinajstić information content (AvgIpc) is 2.75. The molecule has 3 aliphatic carbocycles. The monoisotopic (exact) mass is 496 g/mol. The van der Waals surface area contributed by atoms with E-state index in [4.69, 9.17) is 8.56 Å². The molecule has 28 heavy (non-hydrogen) atoms. The van der Waals surface area contributed by atoms with Gasteiger partial charge in [0.2, 0.25) is 0 Å². The van der Waals surface area contributed by atoms with Crippen molar-refractivity contribution in [2.45, 2.75) is 96.3 Å². The summed E-state index contributed by atoms with van der Waals surface area (Å²) in [7, 11) is 0. The van der Waals surface area contributed by atoms with Gasteiger partial charge in [-0.15, -0.1) is 0 Å². The van der Waals surface area contributed by atoms with Gasteiger partial charge in [0, 0.05) is 0 Å². The normalized spacial score (nSPS) is 22.3. The van der Waals surface area contributed by atoms with Gasteiger partial charge in [0.25, 0.3) is 0 Å². The molecular formula is C21H33InO6. The van der Waals surface area contributed by atoms with Crippen LogP contribution in [0.25, 0.3) is 0 Å². The number of carbonyl (C=O) groups excluding carboxylic acids is 3. The van der Waals surface area contributed by atoms with E-state index in [9.17, 15) is 14.4 Å². The molecule has 3 fully saturated rings. The van der Waals surface area contributed by atoms with E-state index in [1.165, 1.54) is 0 Å². The van der Waals surface area contributed by atoms with Crippen LogP contribution in [0.3, 0.4) is 0 Å². The summed E-state index contributed by atoms with van der Waals surface area (Å²) in [6.07, 6.45) is 14.4. The summed E-state index contributed by atoms with van der Waals surface area (Å²) in [5.74, 6) is -1.41. The minimum absolute atomic E-state index is 0.144. The Balaban J connectivity index is 1.59. The fourth-order valence-electron chi connectivity index (χ4n) is 4.66. The fraction of sp³-hybridized carbons (Fsp3) is 0.857. The van der Waals surface area contributed by atoms with E-state index in [1.54, 1.807) is 0 Å². The SMILES string of the molecule is O=C([O][In]([O]C(=O)C1CCCCC1)[O]C(=O)C1CCCCC1)C1CCCCC1. The van der Waals surface area contributed by atoms with Crippen LogP contribution in [0.2, 0.25) is 0 Å². The Labute approximate surface area is 177 Å². The average molecular weight is 496 g/mol. The van der Waals surface area contributed by atoms with Crippen LogP contribution in [0.15, 0.2) is 0 Å². The zero-order valence-electron chi connectivity index (χ0n) is 16.9. The molecule has 3 rings (SSSR count). The summed E-state index contributed by atoms with van der Waals surface area (Å²) in [5, 5.41) is 0. The molecule has 7 heteroatoms. The summed E-state index contributed by atoms with van der Waals surface area (Å²) in [6.45, 7) is 0. The van der Waals surface area contributed by atoms with Gasteiger partial charge in [-0.05, 0) is 0 Å². The van der Waals surface area contributed by atoms with E-state index < -0.39 is 22.7 Å². The van der Waals surface area contributed by atoms with Crippen LogP contribution in [0, 0.1) is 17.8 Å². The molecule has 0 aromatic heterocycles. The van der Waals surface area contributed by atoms with E-state index in [-0.39, 0.29) is 35.7 Å². The Kier molecular flexibility index (Phi) is 9.00. The summed E-state index contributed by atoms with van der Waals surface area (Å²) in [6, 6.07) is 0. The van der Waals surface area contributed by atoms with E-state index in [0.29, 0.717) is 0 Å². The molecule has 6 nitrogen and oxygen atoms in total. The molecule has 0 heterocycles. The molecule has 0 amide bonds. The van der Waals surface area contributed by atoms with Crippen LogP contribution in [-0.2, 0) is 22.9 Å². The first-order chi connectivity index (χ1) is 13.6. The van der Waals surface area contributed by atoms with Crippen LogP contribution in [-0.4, -0.2) is 40.7 Å². The van der Waals surface area contributed by atoms with Gasteiger partial charge in [-0.2, -0.15) is 0 Å². The molecule has 0 bridgehead atoms. The van der Waals surface area contributed by atoms with Gasteiger partial charge in [0.05, 0.1) is 0 Å². The third kappa shape index (κ3) is 6.67. The Hall–Kier alpha value is -0.720. The van der Waals surface area contributed by atoms with Crippen molar-refractivity contribution in [3.05, 3.63) is 0 Å². The Bertz CT molecular complexity index is 457. The fourth-order valence-corrected chi connectivity index (χ4v) is 8.34. The topological polar surface area (TPSA) is 78.9 Å². The van der Waals surface area contributed by atoms with E-state index in [0.717, 1.165) is 96.3 Å². The van der Waals surface area contributed by atoms with Crippen LogP contribution in [0.4, 0.5) is 0 Å². The molecule has 0 aromatic rings. The van der Waals surface area contributed by atoms with Crippen molar-refractivity contribution in [3.8, 4) is 0 Å². The molecule has 0 spiro atoms. The first-order valence-corrected chi connectivity index (χ1v) is 15.3. The standard InChI is InChI=1S/3C7H12O2.In/c3*8-7(9)6-4-2-1-3-5-6;/h3*6H,1-5H2,(H,8,9);/q;;;+3/p-3. The van der Waals surface area contributed by atoms with Gasteiger partial charge in [0.15, 0.2) is 0 Å². The number of hydrogen-bond donors (Lipinski definition) is 0. The predicted molar refractivity (Wildman–Crippen MR) is 104 cm³/mol. The van der Waals surface area contributed by atoms with Crippen molar-refractivity contribution < 1.29 is 22.9 Å². The summed E-state index contributed by atoms with van der Waals surface area (Å²) < 4.78 is 16.8. The Morgan fingerprint density at radius 3 is 0.964 bits per heavy atom. The Morgan fingerprint density at radius 2 is 0.714 bits per heavy atom. The molecule has 0 saturated heterocycles. The summed E-state index contributed by atoms with van der Waals surface area (Å²) >= 11 is -4.00. The van der Waals surface area contributed by atoms with Gasteiger partial charge in [-0.1, -0.05) is 0 Å². The summed E-state index contributed by atoms with van der Waals surface area (Å²) in [5.41, 5.74) is 0. The van der Waals surface area contributed by atoms with Crippen LogP contribution < -0.4 is 0 Å². The molecular weight excluding hydrogens is 463 g/mol. The quantitative estimate of drug-likeness (QED) is 0.545. The van der Waals surface area contributed by atoms with Crippen molar-refractivity contribution in [2.75, 3.05) is 0 Å². The number of rotatable bonds is 6. The van der Waals surface area contributed by atoms with Gasteiger partial charge < -0.3 is 0 Å². The first-order valence-electron chi connectivity index (χ1n) is 11.2. The van der Waals surface area contributed by atoms with Crippen LogP contribution >= 0.6 is 0 Å². The second-order valence-corrected chi connectivity index (χ2v) is 12.3. The maximum atomic E-state index is 12.6. The zero-order valence-corrected chi connectivity index (χ0v) is 20.2. The molecule has 0 aromatic carbocycles. The molecule has 0 atom stereocenters. The number of carbonyl (C=O) groups is 3. The molecule has 0 N–H and O–H groups in total. The molecule has 3 aliphatic rings. The third-order valence-corrected chi connectivity index (χ3v) is 10.1. The van der Waals surface area contributed by atoms with Gasteiger partial charge in [-0.25, -0.2) is 0 Å². The summed E-state index contributed by atoms with van der Waals surface area (Å²) in [4.78, 5) is 37.7. The Morgan fingerprint density at radius 1 is 0.464 bits per heavy atom. The van der Waals surface area contributed by atoms with E-state index in [1.807, 2.05) is 0 Å². The van der Waals surface area contributed by atoms with E-state index in [2.05, 4.69) is 0 Å². The van der Waals surface area contributed by atoms with Crippen molar-refractivity contribution in [3.63, 3.8) is 0 Å². The first kappa shape index (κ1) is 22.0. The van der Waals surface area contributed by atoms with Crippen LogP contribution in [0.1, 0.15) is 96.3 Å². The van der Waals surface area contributed by atoms with Crippen molar-refractivity contribution in [2.24, 2.45) is 17.8 Å². The van der Waals surface area contributed by atoms with Crippen molar-refractivity contribution >= 4 is 40.7 Å². The van der Waals surface area contributed by atoms with Gasteiger partial charge >= 0.3 is 178 Å². The number of hydrogen-bond acceptors (Lipinski definition) is 6. The van der Waals surface area contributed by atoms with Crippen molar-refractivity contribution in [1.29, 1.82) is 0 Å². The maximum absolute atomic E-state index is 12.6. The molecule has 0 aliphatic heterocycles. The molecule has 3 saturated carbocycles. The molecule has 0 radical (unpaired) electrons. The second-order valence-electron chi connectivity index (χ2n) is 8.60. The predicted octanol–water partition coefficient (Wildman–Crippen LogP) is 4.34. The molecule has 0 unspecified atom stereocenters. The van der Waals surface area contributed by atoms with E-state index >= 15 is 0 Å². The molecule has 156 valence electrons. The van der Waals surface area contributed by atoms with Crippen molar-refractivity contribution in [1.82, 2.24) is 0 Å². The second kappa shape index (κ2) is 11.5. The van der Waals surface area contributed by atoms with Gasteiger partial charge in [0.1, 0.15) is 0 Å². The zero-order chi connectivity index (χ0) is 19.8. The van der Waals surface area contributed by atoms with Gasteiger partial charge in [-0.3, -0.25) is 0 Å². The third-order valence-electron chi connectivity index (χ3n) is 6.45. The van der Waals surface area contributed by atoms with Crippen LogP contribution in [0.5, 0.6) is 0 Å².